The minimum Gasteiger partial charge on any atom is -0.481 e. The van der Waals surface area contributed by atoms with E-state index in [9.17, 15) is 4.79 Å². The molecule has 0 saturated heterocycles. The summed E-state index contributed by atoms with van der Waals surface area (Å²) in [5.41, 5.74) is 2.00. The molecule has 0 bridgehead atoms. The van der Waals surface area contributed by atoms with Crippen molar-refractivity contribution >= 4 is 16.9 Å². The van der Waals surface area contributed by atoms with E-state index in [1.165, 1.54) is 0 Å². The number of pyridine rings is 1. The molecule has 3 rings (SSSR count). The molecule has 1 aliphatic rings. The predicted octanol–water partition coefficient (Wildman–Crippen LogP) is 2.42. The molecule has 16 heavy (non-hydrogen) atoms. The van der Waals surface area contributed by atoms with Crippen LogP contribution in [0.1, 0.15) is 17.9 Å². The highest BCUT2D eigenvalue weighted by molar-refractivity contribution is 5.80. The number of carboxylic acid groups (broad SMARTS) is 1. The Bertz CT molecular complexity index is 565. The molecule has 1 heterocycles. The van der Waals surface area contributed by atoms with E-state index in [2.05, 4.69) is 11.1 Å². The third kappa shape index (κ3) is 1.45. The first kappa shape index (κ1) is 9.33. The Hall–Kier alpha value is -1.90. The molecule has 0 radical (unpaired) electrons. The number of nitrogens with zero attached hydrogens (tertiary/aromatic N) is 1. The van der Waals surface area contributed by atoms with E-state index in [-0.39, 0.29) is 11.8 Å². The lowest BCUT2D eigenvalue weighted by Crippen LogP contribution is -1.99. The summed E-state index contributed by atoms with van der Waals surface area (Å²) < 4.78 is 0. The van der Waals surface area contributed by atoms with Gasteiger partial charge in [0.1, 0.15) is 0 Å². The van der Waals surface area contributed by atoms with Crippen LogP contribution in [0.15, 0.2) is 36.5 Å². The first-order valence-corrected chi connectivity index (χ1v) is 5.33. The van der Waals surface area contributed by atoms with Crippen molar-refractivity contribution in [3.05, 3.63) is 42.1 Å². The van der Waals surface area contributed by atoms with Crippen LogP contribution in [0.25, 0.3) is 10.9 Å². The molecule has 1 aromatic heterocycles. The van der Waals surface area contributed by atoms with Gasteiger partial charge in [0.25, 0.3) is 0 Å². The number of carbonyl (C=O) groups is 1. The molecule has 3 heteroatoms. The van der Waals surface area contributed by atoms with Crippen molar-refractivity contribution in [2.45, 2.75) is 12.3 Å². The fraction of sp³-hybridized carbons (Fsp3) is 0.231. The lowest BCUT2D eigenvalue weighted by Gasteiger charge is -2.01. The van der Waals surface area contributed by atoms with E-state index in [1.807, 2.05) is 24.3 Å². The second-order valence-electron chi connectivity index (χ2n) is 4.25. The van der Waals surface area contributed by atoms with Gasteiger partial charge in [-0.25, -0.2) is 0 Å². The summed E-state index contributed by atoms with van der Waals surface area (Å²) in [4.78, 5) is 15.1. The molecule has 0 spiro atoms. The zero-order valence-corrected chi connectivity index (χ0v) is 8.63. The Kier molecular flexibility index (Phi) is 1.93. The number of benzene rings is 1. The Morgan fingerprint density at radius 2 is 2.19 bits per heavy atom. The summed E-state index contributed by atoms with van der Waals surface area (Å²) >= 11 is 0. The SMILES string of the molecule is O=C(O)C1CC1c1cnc2ccccc2c1. The van der Waals surface area contributed by atoms with Gasteiger partial charge in [0, 0.05) is 11.6 Å². The molecule has 80 valence electrons. The number of hydrogen-bond donors (Lipinski definition) is 1. The van der Waals surface area contributed by atoms with Crippen molar-refractivity contribution in [3.8, 4) is 0 Å². The van der Waals surface area contributed by atoms with Crippen LogP contribution in [0.4, 0.5) is 0 Å². The highest BCUT2D eigenvalue weighted by atomic mass is 16.4. The van der Waals surface area contributed by atoms with Crippen LogP contribution >= 0.6 is 0 Å². The van der Waals surface area contributed by atoms with Gasteiger partial charge in [0.15, 0.2) is 0 Å². The number of para-hydroxylation sites is 1. The summed E-state index contributed by atoms with van der Waals surface area (Å²) in [5, 5.41) is 9.96. The van der Waals surface area contributed by atoms with Crippen molar-refractivity contribution in [2.24, 2.45) is 5.92 Å². The maximum absolute atomic E-state index is 10.8. The van der Waals surface area contributed by atoms with Gasteiger partial charge in [-0.05, 0) is 30.0 Å². The molecule has 1 aromatic carbocycles. The van der Waals surface area contributed by atoms with Crippen LogP contribution in [0.5, 0.6) is 0 Å². The smallest absolute Gasteiger partial charge is 0.307 e. The molecule has 3 nitrogen and oxygen atoms in total. The van der Waals surface area contributed by atoms with Crippen LogP contribution in [0, 0.1) is 5.92 Å². The Balaban J connectivity index is 1.98. The van der Waals surface area contributed by atoms with Crippen LogP contribution in [0.3, 0.4) is 0 Å². The maximum atomic E-state index is 10.8. The Morgan fingerprint density at radius 3 is 2.94 bits per heavy atom. The first-order chi connectivity index (χ1) is 7.75. The van der Waals surface area contributed by atoms with E-state index in [0.29, 0.717) is 0 Å². The molecule has 2 atom stereocenters. The third-order valence-corrected chi connectivity index (χ3v) is 3.15. The van der Waals surface area contributed by atoms with Gasteiger partial charge in [0.05, 0.1) is 11.4 Å². The van der Waals surface area contributed by atoms with E-state index in [1.54, 1.807) is 6.20 Å². The van der Waals surface area contributed by atoms with Gasteiger partial charge in [-0.1, -0.05) is 18.2 Å². The normalized spacial score (nSPS) is 23.2. The van der Waals surface area contributed by atoms with Gasteiger partial charge in [-0.3, -0.25) is 9.78 Å². The lowest BCUT2D eigenvalue weighted by atomic mass is 10.1. The Labute approximate surface area is 92.7 Å². The van der Waals surface area contributed by atoms with Crippen LogP contribution < -0.4 is 0 Å². The van der Waals surface area contributed by atoms with Crippen molar-refractivity contribution in [1.29, 1.82) is 0 Å². The van der Waals surface area contributed by atoms with Gasteiger partial charge >= 0.3 is 5.97 Å². The number of fused-ring (bicyclic) bond motifs is 1. The van der Waals surface area contributed by atoms with Crippen LogP contribution in [-0.4, -0.2) is 16.1 Å². The predicted molar refractivity (Wildman–Crippen MR) is 60.2 cm³/mol. The lowest BCUT2D eigenvalue weighted by molar-refractivity contribution is -0.138. The monoisotopic (exact) mass is 213 g/mol. The van der Waals surface area contributed by atoms with Gasteiger partial charge in [-0.15, -0.1) is 0 Å². The number of hydrogen-bond acceptors (Lipinski definition) is 2. The average Bonchev–Trinajstić information content (AvgIpc) is 3.08. The standard InChI is InChI=1S/C13H11NO2/c15-13(16)11-6-10(11)9-5-8-3-1-2-4-12(8)14-7-9/h1-5,7,10-11H,6H2,(H,15,16). The molecule has 0 aliphatic heterocycles. The van der Waals surface area contributed by atoms with Crippen molar-refractivity contribution < 1.29 is 9.90 Å². The van der Waals surface area contributed by atoms with Crippen LogP contribution in [-0.2, 0) is 4.79 Å². The zero-order valence-electron chi connectivity index (χ0n) is 8.63. The maximum Gasteiger partial charge on any atom is 0.307 e. The Morgan fingerprint density at radius 1 is 1.38 bits per heavy atom. The summed E-state index contributed by atoms with van der Waals surface area (Å²) in [6.07, 6.45) is 2.55. The van der Waals surface area contributed by atoms with Gasteiger partial charge in [0.2, 0.25) is 0 Å². The molecule has 2 unspecified atom stereocenters. The van der Waals surface area contributed by atoms with Crippen molar-refractivity contribution in [3.63, 3.8) is 0 Å². The molecular weight excluding hydrogens is 202 g/mol. The minimum absolute atomic E-state index is 0.162. The molecule has 1 aliphatic carbocycles. The summed E-state index contributed by atoms with van der Waals surface area (Å²) in [6.45, 7) is 0. The molecule has 2 aromatic rings. The summed E-state index contributed by atoms with van der Waals surface area (Å²) in [7, 11) is 0. The second kappa shape index (κ2) is 3.30. The molecule has 1 fully saturated rings. The van der Waals surface area contributed by atoms with E-state index >= 15 is 0 Å². The second-order valence-corrected chi connectivity index (χ2v) is 4.25. The van der Waals surface area contributed by atoms with Crippen LogP contribution in [0.2, 0.25) is 0 Å². The highest BCUT2D eigenvalue weighted by Gasteiger charge is 2.44. The minimum atomic E-state index is -0.696. The number of aliphatic carboxylic acids is 1. The fourth-order valence-corrected chi connectivity index (χ4v) is 2.13. The largest absolute Gasteiger partial charge is 0.481 e. The fourth-order valence-electron chi connectivity index (χ4n) is 2.13. The topological polar surface area (TPSA) is 50.2 Å². The molecule has 1 saturated carbocycles. The highest BCUT2D eigenvalue weighted by Crippen LogP contribution is 2.47. The van der Waals surface area contributed by atoms with E-state index in [4.69, 9.17) is 5.11 Å². The summed E-state index contributed by atoms with van der Waals surface area (Å²) in [5.74, 6) is -0.740. The first-order valence-electron chi connectivity index (χ1n) is 5.33. The molecule has 0 amide bonds. The molecule has 1 N–H and O–H groups in total. The average molecular weight is 213 g/mol. The van der Waals surface area contributed by atoms with Crippen molar-refractivity contribution in [2.75, 3.05) is 0 Å². The number of rotatable bonds is 2. The van der Waals surface area contributed by atoms with Gasteiger partial charge in [-0.2, -0.15) is 0 Å². The summed E-state index contributed by atoms with van der Waals surface area (Å²) in [6, 6.07) is 9.93. The third-order valence-electron chi connectivity index (χ3n) is 3.15. The molecular formula is C13H11NO2. The number of aromatic nitrogens is 1. The zero-order chi connectivity index (χ0) is 11.1. The van der Waals surface area contributed by atoms with E-state index < -0.39 is 5.97 Å². The van der Waals surface area contributed by atoms with Gasteiger partial charge < -0.3 is 5.11 Å². The number of carboxylic acids is 1. The quantitative estimate of drug-likeness (QED) is 0.833. The van der Waals surface area contributed by atoms with E-state index in [0.717, 1.165) is 22.9 Å². The van der Waals surface area contributed by atoms with Crippen molar-refractivity contribution in [1.82, 2.24) is 4.98 Å².